The Morgan fingerprint density at radius 1 is 0.686 bits per heavy atom. The average molecular weight is 489 g/mol. The minimum Gasteiger partial charge on any atom is -0.487 e. The van der Waals surface area contributed by atoms with Gasteiger partial charge in [-0.05, 0) is 44.1 Å². The van der Waals surface area contributed by atoms with Crippen molar-refractivity contribution in [1.29, 1.82) is 0 Å². The Morgan fingerprint density at radius 2 is 1.26 bits per heavy atom. The van der Waals surface area contributed by atoms with E-state index >= 15 is 0 Å². The third-order valence-corrected chi connectivity index (χ3v) is 6.50. The minimum atomic E-state index is -1.11. The molecule has 196 valence electrons. The first kappa shape index (κ1) is 29.2. The standard InChI is InChI=1S/C30H46F2N2O/c1-3-5-7-8-9-10-11-12-14-25-18-20-26(21-19-25)30-33-22-29(23-34-30)35-24-28(32)17-13-16-27(31)15-6-4-2/h18-23,27-28H,3-17,24H2,1-2H3. The summed E-state index contributed by atoms with van der Waals surface area (Å²) in [5, 5.41) is 0. The van der Waals surface area contributed by atoms with E-state index < -0.39 is 12.3 Å². The maximum absolute atomic E-state index is 14.1. The van der Waals surface area contributed by atoms with Crippen LogP contribution in [0.1, 0.15) is 109 Å². The molecule has 0 saturated heterocycles. The van der Waals surface area contributed by atoms with Crippen LogP contribution in [0.15, 0.2) is 36.7 Å². The Balaban J connectivity index is 1.64. The van der Waals surface area contributed by atoms with E-state index in [1.807, 2.05) is 6.92 Å². The van der Waals surface area contributed by atoms with Crippen LogP contribution >= 0.6 is 0 Å². The highest BCUT2D eigenvalue weighted by Gasteiger charge is 2.11. The summed E-state index contributed by atoms with van der Waals surface area (Å²) in [6.45, 7) is 4.25. The predicted octanol–water partition coefficient (Wildman–Crippen LogP) is 9.24. The van der Waals surface area contributed by atoms with Gasteiger partial charge in [0, 0.05) is 5.56 Å². The van der Waals surface area contributed by atoms with Crippen molar-refractivity contribution in [3.8, 4) is 17.1 Å². The van der Waals surface area contributed by atoms with Gasteiger partial charge in [0.15, 0.2) is 11.6 Å². The van der Waals surface area contributed by atoms with Gasteiger partial charge in [-0.1, -0.05) is 95.9 Å². The number of unbranched alkanes of at least 4 members (excludes halogenated alkanes) is 8. The fraction of sp³-hybridized carbons (Fsp3) is 0.667. The Hall–Kier alpha value is -2.04. The highest BCUT2D eigenvalue weighted by atomic mass is 19.1. The molecule has 0 aliphatic carbocycles. The normalized spacial score (nSPS) is 13.0. The molecule has 0 spiro atoms. The lowest BCUT2D eigenvalue weighted by Gasteiger charge is -2.11. The molecule has 2 atom stereocenters. The zero-order valence-corrected chi connectivity index (χ0v) is 22.0. The molecule has 35 heavy (non-hydrogen) atoms. The van der Waals surface area contributed by atoms with Crippen molar-refractivity contribution in [2.24, 2.45) is 0 Å². The molecule has 0 N–H and O–H groups in total. The molecule has 0 aliphatic rings. The molecule has 5 heteroatoms. The smallest absolute Gasteiger partial charge is 0.159 e. The van der Waals surface area contributed by atoms with Crippen LogP contribution in [-0.2, 0) is 6.42 Å². The summed E-state index contributed by atoms with van der Waals surface area (Å²) >= 11 is 0. The second-order valence-electron chi connectivity index (χ2n) is 9.74. The second-order valence-corrected chi connectivity index (χ2v) is 9.74. The molecule has 2 unspecified atom stereocenters. The second kappa shape index (κ2) is 18.3. The zero-order valence-electron chi connectivity index (χ0n) is 22.0. The summed E-state index contributed by atoms with van der Waals surface area (Å²) in [7, 11) is 0. The van der Waals surface area contributed by atoms with Crippen LogP contribution < -0.4 is 4.74 Å². The molecular weight excluding hydrogens is 442 g/mol. The third-order valence-electron chi connectivity index (χ3n) is 6.50. The molecule has 2 aromatic rings. The van der Waals surface area contributed by atoms with Gasteiger partial charge in [-0.2, -0.15) is 0 Å². The molecule has 1 heterocycles. The number of aromatic nitrogens is 2. The van der Waals surface area contributed by atoms with Gasteiger partial charge < -0.3 is 4.74 Å². The summed E-state index contributed by atoms with van der Waals surface area (Å²) < 4.78 is 33.2. The van der Waals surface area contributed by atoms with E-state index in [1.54, 1.807) is 12.4 Å². The molecule has 0 radical (unpaired) electrons. The van der Waals surface area contributed by atoms with Gasteiger partial charge >= 0.3 is 0 Å². The summed E-state index contributed by atoms with van der Waals surface area (Å²) in [5.41, 5.74) is 2.31. The number of hydrogen-bond donors (Lipinski definition) is 0. The molecule has 3 nitrogen and oxygen atoms in total. The van der Waals surface area contributed by atoms with E-state index in [9.17, 15) is 8.78 Å². The lowest BCUT2D eigenvalue weighted by molar-refractivity contribution is 0.177. The van der Waals surface area contributed by atoms with E-state index in [2.05, 4.69) is 41.2 Å². The lowest BCUT2D eigenvalue weighted by atomic mass is 10.0. The summed E-state index contributed by atoms with van der Waals surface area (Å²) in [4.78, 5) is 8.76. The molecule has 0 aliphatic heterocycles. The van der Waals surface area contributed by atoms with Crippen molar-refractivity contribution < 1.29 is 13.5 Å². The average Bonchev–Trinajstić information content (AvgIpc) is 2.88. The molecule has 0 amide bonds. The van der Waals surface area contributed by atoms with Crippen LogP contribution in [0, 0.1) is 0 Å². The van der Waals surface area contributed by atoms with Crippen molar-refractivity contribution in [2.75, 3.05) is 6.61 Å². The van der Waals surface area contributed by atoms with Gasteiger partial charge in [-0.15, -0.1) is 0 Å². The monoisotopic (exact) mass is 488 g/mol. The van der Waals surface area contributed by atoms with E-state index in [4.69, 9.17) is 4.74 Å². The maximum Gasteiger partial charge on any atom is 0.159 e. The third kappa shape index (κ3) is 13.0. The SMILES string of the molecule is CCCCCCCCCCc1ccc(-c2ncc(OCC(F)CCCC(F)CCCC)cn2)cc1. The van der Waals surface area contributed by atoms with Crippen molar-refractivity contribution in [1.82, 2.24) is 9.97 Å². The molecule has 0 saturated carbocycles. The lowest BCUT2D eigenvalue weighted by Crippen LogP contribution is -2.14. The van der Waals surface area contributed by atoms with Crippen molar-refractivity contribution in [2.45, 2.75) is 123 Å². The van der Waals surface area contributed by atoms with Crippen LogP contribution in [0.25, 0.3) is 11.4 Å². The first-order chi connectivity index (χ1) is 17.1. The van der Waals surface area contributed by atoms with E-state index in [-0.39, 0.29) is 6.61 Å². The number of hydrogen-bond acceptors (Lipinski definition) is 3. The van der Waals surface area contributed by atoms with E-state index in [0.29, 0.717) is 37.3 Å². The van der Waals surface area contributed by atoms with Crippen LogP contribution in [0.4, 0.5) is 8.78 Å². The number of benzene rings is 1. The molecule has 0 fully saturated rings. The molecule has 1 aromatic carbocycles. The van der Waals surface area contributed by atoms with Crippen LogP contribution in [0.2, 0.25) is 0 Å². The fourth-order valence-electron chi connectivity index (χ4n) is 4.22. The summed E-state index contributed by atoms with van der Waals surface area (Å²) in [5.74, 6) is 1.09. The Kier molecular flexibility index (Phi) is 15.2. The van der Waals surface area contributed by atoms with Gasteiger partial charge in [-0.3, -0.25) is 0 Å². The highest BCUT2D eigenvalue weighted by molar-refractivity contribution is 5.55. The predicted molar refractivity (Wildman–Crippen MR) is 142 cm³/mol. The molecule has 2 rings (SSSR count). The van der Waals surface area contributed by atoms with Gasteiger partial charge in [0.05, 0.1) is 12.4 Å². The van der Waals surface area contributed by atoms with Gasteiger partial charge in [0.25, 0.3) is 0 Å². The maximum atomic E-state index is 14.1. The Labute approximate surface area is 212 Å². The van der Waals surface area contributed by atoms with E-state index in [1.165, 1.54) is 56.9 Å². The Bertz CT molecular complexity index is 767. The number of halogens is 2. The van der Waals surface area contributed by atoms with Crippen LogP contribution in [0.5, 0.6) is 5.75 Å². The minimum absolute atomic E-state index is 0.0535. The molecule has 0 bridgehead atoms. The van der Waals surface area contributed by atoms with Crippen LogP contribution in [-0.4, -0.2) is 28.9 Å². The van der Waals surface area contributed by atoms with Crippen LogP contribution in [0.3, 0.4) is 0 Å². The largest absolute Gasteiger partial charge is 0.487 e. The number of aryl methyl sites for hydroxylation is 1. The first-order valence-corrected chi connectivity index (χ1v) is 13.9. The number of rotatable bonds is 20. The fourth-order valence-corrected chi connectivity index (χ4v) is 4.22. The van der Waals surface area contributed by atoms with Crippen molar-refractivity contribution in [3.05, 3.63) is 42.2 Å². The first-order valence-electron chi connectivity index (χ1n) is 13.9. The number of alkyl halides is 2. The summed E-state index contributed by atoms with van der Waals surface area (Å²) in [6.07, 6.45) is 16.8. The number of ether oxygens (including phenoxy) is 1. The van der Waals surface area contributed by atoms with Crippen molar-refractivity contribution in [3.63, 3.8) is 0 Å². The highest BCUT2D eigenvalue weighted by Crippen LogP contribution is 2.20. The van der Waals surface area contributed by atoms with Crippen molar-refractivity contribution >= 4 is 0 Å². The zero-order chi connectivity index (χ0) is 25.1. The number of nitrogens with zero attached hydrogens (tertiary/aromatic N) is 2. The topological polar surface area (TPSA) is 35.0 Å². The van der Waals surface area contributed by atoms with Gasteiger partial charge in [0.2, 0.25) is 0 Å². The molecular formula is C30H46F2N2O. The molecule has 1 aromatic heterocycles. The summed E-state index contributed by atoms with van der Waals surface area (Å²) in [6, 6.07) is 8.43. The Morgan fingerprint density at radius 3 is 1.91 bits per heavy atom. The quantitative estimate of drug-likeness (QED) is 0.174. The van der Waals surface area contributed by atoms with Gasteiger partial charge in [-0.25, -0.2) is 18.7 Å². The van der Waals surface area contributed by atoms with E-state index in [0.717, 1.165) is 24.8 Å². The van der Waals surface area contributed by atoms with Gasteiger partial charge in [0.1, 0.15) is 19.0 Å².